The molecular formula is C19H14BrFN4. The van der Waals surface area contributed by atoms with Crippen molar-refractivity contribution in [1.29, 1.82) is 5.26 Å². The number of hydrogen-bond donors (Lipinski definition) is 0. The molecule has 0 fully saturated rings. The van der Waals surface area contributed by atoms with Crippen LogP contribution >= 0.6 is 15.9 Å². The molecule has 1 aromatic carbocycles. The van der Waals surface area contributed by atoms with Crippen molar-refractivity contribution < 1.29 is 4.39 Å². The summed E-state index contributed by atoms with van der Waals surface area (Å²) in [4.78, 5) is 10.6. The van der Waals surface area contributed by atoms with Crippen molar-refractivity contribution in [3.63, 3.8) is 0 Å². The molecule has 0 N–H and O–H groups in total. The van der Waals surface area contributed by atoms with E-state index in [0.717, 1.165) is 5.69 Å². The summed E-state index contributed by atoms with van der Waals surface area (Å²) >= 11 is 3.27. The van der Waals surface area contributed by atoms with Crippen molar-refractivity contribution in [2.24, 2.45) is 0 Å². The molecule has 0 radical (unpaired) electrons. The summed E-state index contributed by atoms with van der Waals surface area (Å²) < 4.78 is 14.9. The van der Waals surface area contributed by atoms with Gasteiger partial charge in [-0.15, -0.1) is 0 Å². The lowest BCUT2D eigenvalue weighted by molar-refractivity contribution is 0.601. The third-order valence-electron chi connectivity index (χ3n) is 3.66. The second-order valence-corrected chi connectivity index (χ2v) is 6.35. The smallest absolute Gasteiger partial charge is 0.129 e. The van der Waals surface area contributed by atoms with E-state index < -0.39 is 0 Å². The number of anilines is 1. The van der Waals surface area contributed by atoms with Gasteiger partial charge in [-0.25, -0.2) is 9.37 Å². The molecule has 0 amide bonds. The van der Waals surface area contributed by atoms with Gasteiger partial charge in [-0.05, 0) is 36.4 Å². The van der Waals surface area contributed by atoms with E-state index in [1.54, 1.807) is 24.4 Å². The lowest BCUT2D eigenvalue weighted by Gasteiger charge is -2.24. The van der Waals surface area contributed by atoms with Crippen LogP contribution in [0.3, 0.4) is 0 Å². The molecule has 0 spiro atoms. The van der Waals surface area contributed by atoms with Gasteiger partial charge in [0.05, 0.1) is 17.8 Å². The Morgan fingerprint density at radius 1 is 1.08 bits per heavy atom. The van der Waals surface area contributed by atoms with Gasteiger partial charge < -0.3 is 4.90 Å². The van der Waals surface area contributed by atoms with Crippen LogP contribution in [0.5, 0.6) is 0 Å². The first kappa shape index (κ1) is 17.1. The summed E-state index contributed by atoms with van der Waals surface area (Å²) in [6.45, 7) is 0.823. The summed E-state index contributed by atoms with van der Waals surface area (Å²) in [5, 5.41) is 8.93. The number of pyridine rings is 2. The van der Waals surface area contributed by atoms with E-state index in [0.29, 0.717) is 34.5 Å². The fraction of sp³-hybridized carbons (Fsp3) is 0.105. The van der Waals surface area contributed by atoms with Gasteiger partial charge in [0, 0.05) is 29.0 Å². The molecule has 124 valence electrons. The maximum absolute atomic E-state index is 14.2. The molecule has 6 heteroatoms. The van der Waals surface area contributed by atoms with Gasteiger partial charge in [0.1, 0.15) is 17.7 Å². The van der Waals surface area contributed by atoms with Crippen molar-refractivity contribution in [3.05, 3.63) is 88.0 Å². The first-order valence-electron chi connectivity index (χ1n) is 7.60. The fourth-order valence-corrected chi connectivity index (χ4v) is 2.73. The Morgan fingerprint density at radius 3 is 2.60 bits per heavy atom. The second kappa shape index (κ2) is 7.86. The summed E-state index contributed by atoms with van der Waals surface area (Å²) in [6, 6.07) is 16.2. The van der Waals surface area contributed by atoms with Crippen LogP contribution < -0.4 is 4.90 Å². The number of rotatable bonds is 5. The highest BCUT2D eigenvalue weighted by Crippen LogP contribution is 2.21. The minimum atomic E-state index is -0.283. The first-order chi connectivity index (χ1) is 12.2. The van der Waals surface area contributed by atoms with Gasteiger partial charge in [-0.1, -0.05) is 28.1 Å². The second-order valence-electron chi connectivity index (χ2n) is 5.43. The Morgan fingerprint density at radius 2 is 1.96 bits per heavy atom. The molecule has 0 unspecified atom stereocenters. The van der Waals surface area contributed by atoms with Crippen LogP contribution in [0.15, 0.2) is 65.4 Å². The quantitative estimate of drug-likeness (QED) is 0.638. The Hall–Kier alpha value is -2.78. The number of nitrogens with zero attached hydrogens (tertiary/aromatic N) is 4. The van der Waals surface area contributed by atoms with E-state index in [9.17, 15) is 4.39 Å². The van der Waals surface area contributed by atoms with Crippen LogP contribution in [0.2, 0.25) is 0 Å². The normalized spacial score (nSPS) is 10.3. The molecule has 25 heavy (non-hydrogen) atoms. The number of halogens is 2. The van der Waals surface area contributed by atoms with E-state index in [2.05, 4.69) is 25.9 Å². The summed E-state index contributed by atoms with van der Waals surface area (Å²) in [5.74, 6) is 0.376. The highest BCUT2D eigenvalue weighted by atomic mass is 79.9. The lowest BCUT2D eigenvalue weighted by Crippen LogP contribution is -2.24. The standard InChI is InChI=1S/C19H14BrFN4/c20-16-6-5-15(18(21)9-16)12-25(13-17-3-1-2-8-23-17)19-7-4-14(10-22)11-24-19/h1-9,11H,12-13H2. The van der Waals surface area contributed by atoms with Gasteiger partial charge in [0.25, 0.3) is 0 Å². The average molecular weight is 397 g/mol. The van der Waals surface area contributed by atoms with Crippen LogP contribution in [0, 0.1) is 17.1 Å². The number of benzene rings is 1. The molecule has 0 atom stereocenters. The van der Waals surface area contributed by atoms with Crippen LogP contribution in [0.1, 0.15) is 16.8 Å². The topological polar surface area (TPSA) is 52.8 Å². The molecule has 3 rings (SSSR count). The molecule has 0 saturated heterocycles. The zero-order valence-corrected chi connectivity index (χ0v) is 14.8. The van der Waals surface area contributed by atoms with Crippen molar-refractivity contribution >= 4 is 21.7 Å². The van der Waals surface area contributed by atoms with Crippen LogP contribution in [0.25, 0.3) is 0 Å². The zero-order valence-electron chi connectivity index (χ0n) is 13.2. The van der Waals surface area contributed by atoms with Crippen LogP contribution in [-0.2, 0) is 13.1 Å². The molecule has 2 heterocycles. The highest BCUT2D eigenvalue weighted by molar-refractivity contribution is 9.10. The minimum absolute atomic E-state index is 0.283. The van der Waals surface area contributed by atoms with Gasteiger partial charge in [-0.3, -0.25) is 4.98 Å². The zero-order chi connectivity index (χ0) is 17.6. The molecule has 4 nitrogen and oxygen atoms in total. The SMILES string of the molecule is N#Cc1ccc(N(Cc2ccccn2)Cc2ccc(Br)cc2F)nc1. The van der Waals surface area contributed by atoms with Gasteiger partial charge in [0.15, 0.2) is 0 Å². The van der Waals surface area contributed by atoms with E-state index >= 15 is 0 Å². The summed E-state index contributed by atoms with van der Waals surface area (Å²) in [7, 11) is 0. The average Bonchev–Trinajstić information content (AvgIpc) is 2.64. The third kappa shape index (κ3) is 4.40. The minimum Gasteiger partial charge on any atom is -0.346 e. The fourth-order valence-electron chi connectivity index (χ4n) is 2.40. The van der Waals surface area contributed by atoms with E-state index in [1.165, 1.54) is 12.3 Å². The third-order valence-corrected chi connectivity index (χ3v) is 4.15. The van der Waals surface area contributed by atoms with E-state index in [1.807, 2.05) is 35.2 Å². The Labute approximate surface area is 153 Å². The Kier molecular flexibility index (Phi) is 5.36. The van der Waals surface area contributed by atoms with Crippen LogP contribution in [0.4, 0.5) is 10.2 Å². The lowest BCUT2D eigenvalue weighted by atomic mass is 10.2. The maximum atomic E-state index is 14.2. The predicted molar refractivity (Wildman–Crippen MR) is 97.2 cm³/mol. The van der Waals surface area contributed by atoms with Crippen molar-refractivity contribution in [2.75, 3.05) is 4.90 Å². The van der Waals surface area contributed by atoms with Gasteiger partial charge in [-0.2, -0.15) is 5.26 Å². The van der Waals surface area contributed by atoms with Crippen molar-refractivity contribution in [1.82, 2.24) is 9.97 Å². The highest BCUT2D eigenvalue weighted by Gasteiger charge is 2.13. The van der Waals surface area contributed by atoms with Gasteiger partial charge >= 0.3 is 0 Å². The Balaban J connectivity index is 1.91. The molecule has 0 bridgehead atoms. The summed E-state index contributed by atoms with van der Waals surface area (Å²) in [5.41, 5.74) is 1.90. The molecule has 0 aliphatic rings. The molecule has 0 aliphatic carbocycles. The monoisotopic (exact) mass is 396 g/mol. The molecule has 2 aromatic heterocycles. The van der Waals surface area contributed by atoms with E-state index in [4.69, 9.17) is 5.26 Å². The predicted octanol–water partition coefficient (Wildman–Crippen LogP) is 4.46. The van der Waals surface area contributed by atoms with Crippen molar-refractivity contribution in [2.45, 2.75) is 13.1 Å². The number of aromatic nitrogens is 2. The number of nitriles is 1. The molecule has 0 aliphatic heterocycles. The first-order valence-corrected chi connectivity index (χ1v) is 8.40. The van der Waals surface area contributed by atoms with Crippen molar-refractivity contribution in [3.8, 4) is 6.07 Å². The Bertz CT molecular complexity index is 892. The summed E-state index contributed by atoms with van der Waals surface area (Å²) in [6.07, 6.45) is 3.23. The van der Waals surface area contributed by atoms with E-state index in [-0.39, 0.29) is 5.82 Å². The maximum Gasteiger partial charge on any atom is 0.129 e. The van der Waals surface area contributed by atoms with Gasteiger partial charge in [0.2, 0.25) is 0 Å². The molecule has 3 aromatic rings. The molecule has 0 saturated carbocycles. The van der Waals surface area contributed by atoms with Crippen LogP contribution in [-0.4, -0.2) is 9.97 Å². The molecular weight excluding hydrogens is 383 g/mol. The number of hydrogen-bond acceptors (Lipinski definition) is 4. The largest absolute Gasteiger partial charge is 0.346 e.